The summed E-state index contributed by atoms with van der Waals surface area (Å²) in [6.07, 6.45) is 4.49. The van der Waals surface area contributed by atoms with Crippen LogP contribution in [0.1, 0.15) is 5.56 Å². The van der Waals surface area contributed by atoms with Crippen molar-refractivity contribution in [2.75, 3.05) is 18.7 Å². The molecule has 0 fully saturated rings. The van der Waals surface area contributed by atoms with Gasteiger partial charge in [0.05, 0.1) is 28.9 Å². The molecule has 1 N–H and O–H groups in total. The number of methoxy groups -OCH3 is 1. The van der Waals surface area contributed by atoms with Gasteiger partial charge >= 0.3 is 0 Å². The van der Waals surface area contributed by atoms with Gasteiger partial charge < -0.3 is 10.1 Å². The smallest absolute Gasteiger partial charge is 0.221 e. The molecule has 0 atom stereocenters. The first-order valence-electron chi connectivity index (χ1n) is 7.51. The van der Waals surface area contributed by atoms with E-state index in [1.165, 1.54) is 24.5 Å². The zero-order chi connectivity index (χ0) is 18.9. The number of rotatable bonds is 5. The van der Waals surface area contributed by atoms with Crippen molar-refractivity contribution >= 4 is 43.6 Å². The molecule has 9 heteroatoms. The molecule has 0 spiro atoms. The number of pyridine rings is 1. The van der Waals surface area contributed by atoms with E-state index in [0.29, 0.717) is 17.0 Å². The highest BCUT2D eigenvalue weighted by atomic mass is 35.5. The normalized spacial score (nSPS) is 11.4. The third kappa shape index (κ3) is 3.67. The molecular weight excluding hydrogens is 394 g/mol. The highest BCUT2D eigenvalue weighted by Crippen LogP contribution is 2.38. The lowest BCUT2D eigenvalue weighted by Crippen LogP contribution is -2.02. The molecule has 2 aromatic heterocycles. The van der Waals surface area contributed by atoms with Crippen molar-refractivity contribution in [3.8, 4) is 17.0 Å². The van der Waals surface area contributed by atoms with E-state index in [4.69, 9.17) is 16.3 Å². The first-order valence-corrected chi connectivity index (χ1v) is 10.7. The summed E-state index contributed by atoms with van der Waals surface area (Å²) < 4.78 is 29.4. The van der Waals surface area contributed by atoms with Crippen LogP contribution in [0, 0.1) is 6.92 Å². The van der Waals surface area contributed by atoms with Gasteiger partial charge in [-0.2, -0.15) is 0 Å². The average molecular weight is 410 g/mol. The second kappa shape index (κ2) is 7.22. The number of anilines is 2. The predicted octanol–water partition coefficient (Wildman–Crippen LogP) is 4.32. The number of halogens is 1. The standard InChI is InChI=1S/C17H16ClN3O3S2/c1-10-13(21-17-19-6-7-25-17)9-20-16(24-2)15(10)11-4-5-12(18)14(8-11)26(3,22)23/h4-9H,1-3H3,(H,19,21). The van der Waals surface area contributed by atoms with Crippen LogP contribution in [0.3, 0.4) is 0 Å². The summed E-state index contributed by atoms with van der Waals surface area (Å²) in [5.41, 5.74) is 2.95. The molecule has 0 aliphatic heterocycles. The van der Waals surface area contributed by atoms with Crippen LogP contribution in [-0.4, -0.2) is 31.8 Å². The summed E-state index contributed by atoms with van der Waals surface area (Å²) in [7, 11) is -1.94. The van der Waals surface area contributed by atoms with Gasteiger partial charge in [0.2, 0.25) is 5.88 Å². The Labute approximate surface area is 160 Å². The summed E-state index contributed by atoms with van der Waals surface area (Å²) in [6.45, 7) is 1.91. The monoisotopic (exact) mass is 409 g/mol. The van der Waals surface area contributed by atoms with E-state index in [9.17, 15) is 8.42 Å². The van der Waals surface area contributed by atoms with Gasteiger partial charge in [-0.1, -0.05) is 17.7 Å². The molecule has 6 nitrogen and oxygen atoms in total. The first-order chi connectivity index (χ1) is 12.3. The van der Waals surface area contributed by atoms with Crippen molar-refractivity contribution in [1.29, 1.82) is 0 Å². The van der Waals surface area contributed by atoms with Crippen LogP contribution in [0.15, 0.2) is 40.9 Å². The number of nitrogens with one attached hydrogen (secondary N) is 1. The average Bonchev–Trinajstić information content (AvgIpc) is 3.09. The van der Waals surface area contributed by atoms with E-state index in [-0.39, 0.29) is 9.92 Å². The fourth-order valence-electron chi connectivity index (χ4n) is 2.54. The van der Waals surface area contributed by atoms with Gasteiger partial charge in [-0.15, -0.1) is 11.3 Å². The number of benzene rings is 1. The summed E-state index contributed by atoms with van der Waals surface area (Å²) in [4.78, 5) is 8.61. The Morgan fingerprint density at radius 1 is 1.27 bits per heavy atom. The van der Waals surface area contributed by atoms with Crippen molar-refractivity contribution in [2.24, 2.45) is 0 Å². The molecule has 26 heavy (non-hydrogen) atoms. The molecule has 0 radical (unpaired) electrons. The molecule has 0 aliphatic carbocycles. The SMILES string of the molecule is COc1ncc(Nc2nccs2)c(C)c1-c1ccc(Cl)c(S(C)(=O)=O)c1. The third-order valence-electron chi connectivity index (χ3n) is 3.79. The summed E-state index contributed by atoms with van der Waals surface area (Å²) in [5, 5.41) is 6.00. The molecule has 136 valence electrons. The Bertz CT molecular complexity index is 1050. The van der Waals surface area contributed by atoms with Crippen LogP contribution in [0.5, 0.6) is 5.88 Å². The maximum atomic E-state index is 12.0. The quantitative estimate of drug-likeness (QED) is 0.675. The van der Waals surface area contributed by atoms with E-state index in [2.05, 4.69) is 15.3 Å². The van der Waals surface area contributed by atoms with E-state index < -0.39 is 9.84 Å². The summed E-state index contributed by atoms with van der Waals surface area (Å²) in [6, 6.07) is 4.85. The van der Waals surface area contributed by atoms with Crippen molar-refractivity contribution < 1.29 is 13.2 Å². The minimum atomic E-state index is -3.46. The molecule has 0 bridgehead atoms. The van der Waals surface area contributed by atoms with Crippen LogP contribution in [0.2, 0.25) is 5.02 Å². The van der Waals surface area contributed by atoms with Crippen LogP contribution in [0.25, 0.3) is 11.1 Å². The van der Waals surface area contributed by atoms with Crippen molar-refractivity contribution in [1.82, 2.24) is 9.97 Å². The van der Waals surface area contributed by atoms with Gasteiger partial charge in [0.1, 0.15) is 0 Å². The van der Waals surface area contributed by atoms with Crippen LogP contribution < -0.4 is 10.1 Å². The van der Waals surface area contributed by atoms with E-state index in [0.717, 1.165) is 22.6 Å². The van der Waals surface area contributed by atoms with Gasteiger partial charge in [0.25, 0.3) is 0 Å². The summed E-state index contributed by atoms with van der Waals surface area (Å²) >= 11 is 7.53. The fourth-order valence-corrected chi connectivity index (χ4v) is 4.39. The first kappa shape index (κ1) is 18.6. The maximum Gasteiger partial charge on any atom is 0.221 e. The number of ether oxygens (including phenoxy) is 1. The van der Waals surface area contributed by atoms with Gasteiger partial charge in [-0.3, -0.25) is 0 Å². The highest BCUT2D eigenvalue weighted by molar-refractivity contribution is 7.90. The topological polar surface area (TPSA) is 81.2 Å². The van der Waals surface area contributed by atoms with Crippen LogP contribution in [0.4, 0.5) is 10.8 Å². The minimum absolute atomic E-state index is 0.0661. The lowest BCUT2D eigenvalue weighted by Gasteiger charge is -2.16. The molecule has 0 saturated carbocycles. The lowest BCUT2D eigenvalue weighted by molar-refractivity contribution is 0.399. The Kier molecular flexibility index (Phi) is 5.17. The predicted molar refractivity (Wildman–Crippen MR) is 104 cm³/mol. The Morgan fingerprint density at radius 3 is 2.65 bits per heavy atom. The molecule has 2 heterocycles. The Hall–Kier alpha value is -2.16. The third-order valence-corrected chi connectivity index (χ3v) is 6.06. The van der Waals surface area contributed by atoms with Crippen LogP contribution in [-0.2, 0) is 9.84 Å². The molecule has 1 aromatic carbocycles. The van der Waals surface area contributed by atoms with Crippen molar-refractivity contribution in [3.05, 3.63) is 46.6 Å². The number of nitrogens with zero attached hydrogens (tertiary/aromatic N) is 2. The van der Waals surface area contributed by atoms with Gasteiger partial charge in [-0.05, 0) is 30.2 Å². The minimum Gasteiger partial charge on any atom is -0.481 e. The van der Waals surface area contributed by atoms with Gasteiger partial charge in [-0.25, -0.2) is 18.4 Å². The molecule has 0 aliphatic rings. The number of hydrogen-bond acceptors (Lipinski definition) is 7. The van der Waals surface area contributed by atoms with E-state index >= 15 is 0 Å². The fraction of sp³-hybridized carbons (Fsp3) is 0.176. The largest absolute Gasteiger partial charge is 0.481 e. The second-order valence-corrected chi connectivity index (χ2v) is 8.85. The lowest BCUT2D eigenvalue weighted by atomic mass is 10.0. The highest BCUT2D eigenvalue weighted by Gasteiger charge is 2.19. The van der Waals surface area contributed by atoms with E-state index in [1.807, 2.05) is 12.3 Å². The molecule has 0 amide bonds. The van der Waals surface area contributed by atoms with Gasteiger partial charge in [0.15, 0.2) is 15.0 Å². The molecule has 3 aromatic rings. The Balaban J connectivity index is 2.17. The molecule has 0 saturated heterocycles. The zero-order valence-electron chi connectivity index (χ0n) is 14.3. The zero-order valence-corrected chi connectivity index (χ0v) is 16.7. The summed E-state index contributed by atoms with van der Waals surface area (Å²) in [5.74, 6) is 0.397. The number of sulfone groups is 1. The number of aromatic nitrogens is 2. The van der Waals surface area contributed by atoms with Gasteiger partial charge in [0, 0.05) is 23.4 Å². The number of hydrogen-bond donors (Lipinski definition) is 1. The van der Waals surface area contributed by atoms with E-state index in [1.54, 1.807) is 24.5 Å². The van der Waals surface area contributed by atoms with Crippen molar-refractivity contribution in [3.63, 3.8) is 0 Å². The Morgan fingerprint density at radius 2 is 2.04 bits per heavy atom. The van der Waals surface area contributed by atoms with Crippen LogP contribution >= 0.6 is 22.9 Å². The molecule has 3 rings (SSSR count). The van der Waals surface area contributed by atoms with Crippen molar-refractivity contribution in [2.45, 2.75) is 11.8 Å². The maximum absolute atomic E-state index is 12.0. The molecule has 0 unspecified atom stereocenters. The second-order valence-electron chi connectivity index (χ2n) is 5.56. The number of thiazole rings is 1. The molecular formula is C17H16ClN3O3S2.